The second-order valence-electron chi connectivity index (χ2n) is 5.70. The third kappa shape index (κ3) is 2.85. The van der Waals surface area contributed by atoms with Gasteiger partial charge in [-0.3, -0.25) is 4.90 Å². The number of likely N-dealkylation sites (N-methyl/N-ethyl adjacent to an activating group) is 2. The fraction of sp³-hybridized carbons (Fsp3) is 0.600. The van der Waals surface area contributed by atoms with E-state index in [-0.39, 0.29) is 5.60 Å². The zero-order valence-electron chi connectivity index (χ0n) is 11.9. The molecule has 0 saturated carbocycles. The Morgan fingerprint density at radius 1 is 1.39 bits per heavy atom. The van der Waals surface area contributed by atoms with Gasteiger partial charge in [0.15, 0.2) is 0 Å². The molecule has 0 bridgehead atoms. The summed E-state index contributed by atoms with van der Waals surface area (Å²) in [5, 5.41) is 3.21. The van der Waals surface area contributed by atoms with E-state index >= 15 is 0 Å². The molecular formula is C15H24N2O. The minimum Gasteiger partial charge on any atom is -0.487 e. The summed E-state index contributed by atoms with van der Waals surface area (Å²) in [4.78, 5) is 2.42. The largest absolute Gasteiger partial charge is 0.487 e. The van der Waals surface area contributed by atoms with E-state index in [1.165, 1.54) is 5.56 Å². The highest BCUT2D eigenvalue weighted by atomic mass is 16.5. The summed E-state index contributed by atoms with van der Waals surface area (Å²) in [6, 6.07) is 8.85. The average molecular weight is 248 g/mol. The minimum absolute atomic E-state index is 0.0904. The van der Waals surface area contributed by atoms with Gasteiger partial charge in [-0.05, 0) is 34.0 Å². The van der Waals surface area contributed by atoms with E-state index in [0.29, 0.717) is 6.04 Å². The van der Waals surface area contributed by atoms with Crippen molar-refractivity contribution in [1.82, 2.24) is 10.2 Å². The molecule has 1 unspecified atom stereocenters. The van der Waals surface area contributed by atoms with E-state index in [9.17, 15) is 0 Å². The first kappa shape index (κ1) is 13.4. The van der Waals surface area contributed by atoms with Crippen LogP contribution in [0.3, 0.4) is 0 Å². The van der Waals surface area contributed by atoms with Gasteiger partial charge in [-0.1, -0.05) is 18.2 Å². The quantitative estimate of drug-likeness (QED) is 0.885. The Hall–Kier alpha value is -1.06. The van der Waals surface area contributed by atoms with Gasteiger partial charge >= 0.3 is 0 Å². The zero-order chi connectivity index (χ0) is 13.2. The van der Waals surface area contributed by atoms with Crippen LogP contribution in [0.4, 0.5) is 0 Å². The van der Waals surface area contributed by atoms with Crippen LogP contribution in [0.5, 0.6) is 5.75 Å². The summed E-state index contributed by atoms with van der Waals surface area (Å²) in [6.07, 6.45) is 1.03. The lowest BCUT2D eigenvalue weighted by atomic mass is 9.89. The van der Waals surface area contributed by atoms with E-state index in [0.717, 1.165) is 25.3 Å². The van der Waals surface area contributed by atoms with Crippen molar-refractivity contribution < 1.29 is 4.74 Å². The van der Waals surface area contributed by atoms with Gasteiger partial charge in [0, 0.05) is 31.1 Å². The van der Waals surface area contributed by atoms with Crippen molar-refractivity contribution >= 4 is 0 Å². The summed E-state index contributed by atoms with van der Waals surface area (Å²) in [6.45, 7) is 6.39. The number of fused-ring (bicyclic) bond motifs is 1. The Morgan fingerprint density at radius 2 is 2.11 bits per heavy atom. The van der Waals surface area contributed by atoms with Gasteiger partial charge in [0.1, 0.15) is 11.4 Å². The van der Waals surface area contributed by atoms with Crippen LogP contribution in [0.15, 0.2) is 24.3 Å². The van der Waals surface area contributed by atoms with Crippen molar-refractivity contribution in [1.29, 1.82) is 0 Å². The predicted molar refractivity (Wildman–Crippen MR) is 75.1 cm³/mol. The number of hydrogen-bond donors (Lipinski definition) is 1. The number of ether oxygens (including phenoxy) is 1. The van der Waals surface area contributed by atoms with E-state index in [4.69, 9.17) is 4.74 Å². The predicted octanol–water partition coefficient (Wildman–Crippen LogP) is 2.44. The highest BCUT2D eigenvalue weighted by molar-refractivity contribution is 5.38. The molecule has 100 valence electrons. The second-order valence-corrected chi connectivity index (χ2v) is 5.70. The number of rotatable bonds is 4. The molecule has 0 aliphatic carbocycles. The summed E-state index contributed by atoms with van der Waals surface area (Å²) in [7, 11) is 4.19. The van der Waals surface area contributed by atoms with Crippen LogP contribution >= 0.6 is 0 Å². The zero-order valence-corrected chi connectivity index (χ0v) is 11.9. The Morgan fingerprint density at radius 3 is 2.83 bits per heavy atom. The van der Waals surface area contributed by atoms with Gasteiger partial charge in [0.2, 0.25) is 0 Å². The van der Waals surface area contributed by atoms with Gasteiger partial charge in [0.25, 0.3) is 0 Å². The molecule has 1 aliphatic heterocycles. The minimum atomic E-state index is -0.0904. The van der Waals surface area contributed by atoms with Crippen molar-refractivity contribution in [2.45, 2.75) is 31.9 Å². The molecule has 0 saturated heterocycles. The van der Waals surface area contributed by atoms with Gasteiger partial charge in [-0.25, -0.2) is 0 Å². The number of para-hydroxylation sites is 1. The number of nitrogens with zero attached hydrogens (tertiary/aromatic N) is 1. The maximum atomic E-state index is 6.06. The van der Waals surface area contributed by atoms with Crippen LogP contribution in [-0.4, -0.2) is 37.7 Å². The Kier molecular flexibility index (Phi) is 3.93. The van der Waals surface area contributed by atoms with Crippen molar-refractivity contribution in [3.05, 3.63) is 29.8 Å². The molecule has 0 spiro atoms. The monoisotopic (exact) mass is 248 g/mol. The summed E-state index contributed by atoms with van der Waals surface area (Å²) in [5.74, 6) is 1.04. The first-order valence-corrected chi connectivity index (χ1v) is 6.66. The molecule has 18 heavy (non-hydrogen) atoms. The molecule has 1 N–H and O–H groups in total. The SMILES string of the molecule is CNCCN(C)C1CC(C)(C)Oc2ccccc21. The number of hydrogen-bond acceptors (Lipinski definition) is 3. The molecule has 3 heteroatoms. The normalized spacial score (nSPS) is 21.5. The molecule has 0 aromatic heterocycles. The Balaban J connectivity index is 2.24. The molecular weight excluding hydrogens is 224 g/mol. The van der Waals surface area contributed by atoms with Crippen LogP contribution in [-0.2, 0) is 0 Å². The van der Waals surface area contributed by atoms with Crippen LogP contribution < -0.4 is 10.1 Å². The molecule has 1 aromatic rings. The van der Waals surface area contributed by atoms with Crippen LogP contribution in [0.2, 0.25) is 0 Å². The highest BCUT2D eigenvalue weighted by Crippen LogP contribution is 2.41. The Labute approximate surface area is 110 Å². The fourth-order valence-electron chi connectivity index (χ4n) is 2.60. The summed E-state index contributed by atoms with van der Waals surface area (Å²) < 4.78 is 6.06. The van der Waals surface area contributed by atoms with Crippen molar-refractivity contribution in [2.75, 3.05) is 27.2 Å². The van der Waals surface area contributed by atoms with E-state index in [1.54, 1.807) is 0 Å². The molecule has 1 heterocycles. The molecule has 1 aromatic carbocycles. The smallest absolute Gasteiger partial charge is 0.124 e. The number of nitrogens with one attached hydrogen (secondary N) is 1. The van der Waals surface area contributed by atoms with Gasteiger partial charge < -0.3 is 10.1 Å². The summed E-state index contributed by atoms with van der Waals surface area (Å²) in [5.41, 5.74) is 1.22. The molecule has 0 fully saturated rings. The Bertz CT molecular complexity index is 403. The molecule has 1 atom stereocenters. The fourth-order valence-corrected chi connectivity index (χ4v) is 2.60. The lowest BCUT2D eigenvalue weighted by Gasteiger charge is -2.41. The van der Waals surface area contributed by atoms with E-state index in [2.05, 4.69) is 49.3 Å². The van der Waals surface area contributed by atoms with Crippen LogP contribution in [0, 0.1) is 0 Å². The molecule has 0 radical (unpaired) electrons. The second kappa shape index (κ2) is 5.29. The van der Waals surface area contributed by atoms with Gasteiger partial charge in [0.05, 0.1) is 0 Å². The lowest BCUT2D eigenvalue weighted by molar-refractivity contribution is 0.0377. The van der Waals surface area contributed by atoms with E-state index < -0.39 is 0 Å². The summed E-state index contributed by atoms with van der Waals surface area (Å²) >= 11 is 0. The maximum Gasteiger partial charge on any atom is 0.124 e. The average Bonchev–Trinajstić information content (AvgIpc) is 2.33. The van der Waals surface area contributed by atoms with Crippen molar-refractivity contribution in [2.24, 2.45) is 0 Å². The van der Waals surface area contributed by atoms with E-state index in [1.807, 2.05) is 13.1 Å². The van der Waals surface area contributed by atoms with Crippen LogP contribution in [0.1, 0.15) is 31.9 Å². The third-order valence-electron chi connectivity index (χ3n) is 3.60. The molecule has 3 nitrogen and oxygen atoms in total. The van der Waals surface area contributed by atoms with Crippen molar-refractivity contribution in [3.8, 4) is 5.75 Å². The van der Waals surface area contributed by atoms with Gasteiger partial charge in [-0.2, -0.15) is 0 Å². The topological polar surface area (TPSA) is 24.5 Å². The molecule has 0 amide bonds. The first-order chi connectivity index (χ1) is 8.53. The standard InChI is InChI=1S/C15H24N2O/c1-15(2)11-13(17(4)10-9-16-3)12-7-5-6-8-14(12)18-15/h5-8,13,16H,9-11H2,1-4H3. The lowest BCUT2D eigenvalue weighted by Crippen LogP contribution is -2.41. The van der Waals surface area contributed by atoms with Gasteiger partial charge in [-0.15, -0.1) is 0 Å². The maximum absolute atomic E-state index is 6.06. The third-order valence-corrected chi connectivity index (χ3v) is 3.60. The molecule has 1 aliphatic rings. The van der Waals surface area contributed by atoms with Crippen molar-refractivity contribution in [3.63, 3.8) is 0 Å². The number of benzene rings is 1. The highest BCUT2D eigenvalue weighted by Gasteiger charge is 2.35. The van der Waals surface area contributed by atoms with Crippen LogP contribution in [0.25, 0.3) is 0 Å². The molecule has 2 rings (SSSR count). The first-order valence-electron chi connectivity index (χ1n) is 6.66.